The highest BCUT2D eigenvalue weighted by Crippen LogP contribution is 2.23. The second-order valence-corrected chi connectivity index (χ2v) is 7.23. The average Bonchev–Trinajstić information content (AvgIpc) is 2.93. The van der Waals surface area contributed by atoms with Crippen molar-refractivity contribution in [3.63, 3.8) is 0 Å². The van der Waals surface area contributed by atoms with Crippen molar-refractivity contribution in [1.82, 2.24) is 4.72 Å². The van der Waals surface area contributed by atoms with E-state index in [1.54, 1.807) is 19.1 Å². The summed E-state index contributed by atoms with van der Waals surface area (Å²) in [7, 11) is -3.51. The number of ether oxygens (including phenoxy) is 1. The van der Waals surface area contributed by atoms with Gasteiger partial charge in [-0.15, -0.1) is 0 Å². The molecule has 1 aromatic carbocycles. The van der Waals surface area contributed by atoms with Crippen LogP contribution in [-0.2, 0) is 14.8 Å². The first-order valence-electron chi connectivity index (χ1n) is 7.33. The van der Waals surface area contributed by atoms with E-state index in [2.05, 4.69) is 4.72 Å². The molecule has 1 aliphatic rings. The Bertz CT molecular complexity index is 554. The monoisotopic (exact) mass is 313 g/mol. The fourth-order valence-corrected chi connectivity index (χ4v) is 3.70. The maximum Gasteiger partial charge on any atom is 0.240 e. The maximum absolute atomic E-state index is 12.3. The lowest BCUT2D eigenvalue weighted by molar-refractivity contribution is 0.0884. The Kier molecular flexibility index (Phi) is 5.37. The Morgan fingerprint density at radius 1 is 1.38 bits per heavy atom. The molecule has 2 N–H and O–H groups in total. The molecule has 2 rings (SSSR count). The zero-order valence-corrected chi connectivity index (χ0v) is 13.3. The Balaban J connectivity index is 2.01. The summed E-state index contributed by atoms with van der Waals surface area (Å²) in [5.41, 5.74) is 0.698. The minimum absolute atomic E-state index is 0.144. The number of hydrogen-bond donors (Lipinski definition) is 2. The minimum Gasteiger partial charge on any atom is -0.389 e. The van der Waals surface area contributed by atoms with Crippen LogP contribution in [0.2, 0.25) is 0 Å². The Morgan fingerprint density at radius 2 is 2.05 bits per heavy atom. The van der Waals surface area contributed by atoms with Crippen molar-refractivity contribution in [2.75, 3.05) is 13.2 Å². The van der Waals surface area contributed by atoms with Crippen molar-refractivity contribution in [2.45, 2.75) is 43.8 Å². The lowest BCUT2D eigenvalue weighted by Crippen LogP contribution is -2.32. The lowest BCUT2D eigenvalue weighted by Gasteiger charge is -2.17. The van der Waals surface area contributed by atoms with Gasteiger partial charge in [0.2, 0.25) is 10.0 Å². The number of aliphatic hydroxyl groups is 1. The highest BCUT2D eigenvalue weighted by molar-refractivity contribution is 7.89. The third-order valence-corrected chi connectivity index (χ3v) is 5.40. The molecule has 0 amide bonds. The summed E-state index contributed by atoms with van der Waals surface area (Å²) in [6.07, 6.45) is 1.33. The van der Waals surface area contributed by atoms with Gasteiger partial charge in [-0.25, -0.2) is 13.1 Å². The number of benzene rings is 1. The SMILES string of the molecule is CCC1OCCC1CNS(=O)(=O)c1ccc(C(C)O)cc1. The van der Waals surface area contributed by atoms with Gasteiger partial charge in [-0.2, -0.15) is 0 Å². The van der Waals surface area contributed by atoms with Crippen molar-refractivity contribution in [2.24, 2.45) is 5.92 Å². The summed E-state index contributed by atoms with van der Waals surface area (Å²) in [6, 6.07) is 6.30. The van der Waals surface area contributed by atoms with Crippen LogP contribution in [0.15, 0.2) is 29.2 Å². The second-order valence-electron chi connectivity index (χ2n) is 5.46. The molecule has 1 aliphatic heterocycles. The molecule has 5 nitrogen and oxygen atoms in total. The van der Waals surface area contributed by atoms with Crippen LogP contribution in [0.3, 0.4) is 0 Å². The van der Waals surface area contributed by atoms with Crippen LogP contribution >= 0.6 is 0 Å². The Labute approximate surface area is 126 Å². The maximum atomic E-state index is 12.3. The molecule has 1 aromatic rings. The van der Waals surface area contributed by atoms with Gasteiger partial charge in [0.1, 0.15) is 0 Å². The summed E-state index contributed by atoms with van der Waals surface area (Å²) in [5.74, 6) is 0.238. The Morgan fingerprint density at radius 3 is 2.62 bits per heavy atom. The standard InChI is InChI=1S/C15H23NO4S/c1-3-15-13(8-9-20-15)10-16-21(18,19)14-6-4-12(5-7-14)11(2)17/h4-7,11,13,15-17H,3,8-10H2,1-2H3. The third kappa shape index (κ3) is 4.03. The molecule has 1 saturated heterocycles. The molecule has 0 radical (unpaired) electrons. The smallest absolute Gasteiger partial charge is 0.240 e. The van der Waals surface area contributed by atoms with Crippen LogP contribution in [0.1, 0.15) is 38.4 Å². The number of sulfonamides is 1. The largest absolute Gasteiger partial charge is 0.389 e. The van der Waals surface area contributed by atoms with Crippen LogP contribution in [-0.4, -0.2) is 32.8 Å². The van der Waals surface area contributed by atoms with Crippen molar-refractivity contribution in [3.8, 4) is 0 Å². The molecule has 0 aliphatic carbocycles. The van der Waals surface area contributed by atoms with E-state index in [0.29, 0.717) is 18.7 Å². The van der Waals surface area contributed by atoms with Gasteiger partial charge < -0.3 is 9.84 Å². The van der Waals surface area contributed by atoms with E-state index in [4.69, 9.17) is 4.74 Å². The van der Waals surface area contributed by atoms with E-state index in [-0.39, 0.29) is 16.9 Å². The van der Waals surface area contributed by atoms with Gasteiger partial charge in [-0.05, 0) is 37.5 Å². The topological polar surface area (TPSA) is 75.6 Å². The van der Waals surface area contributed by atoms with Gasteiger partial charge in [0, 0.05) is 19.1 Å². The molecule has 0 saturated carbocycles. The van der Waals surface area contributed by atoms with Crippen LogP contribution in [0.25, 0.3) is 0 Å². The fraction of sp³-hybridized carbons (Fsp3) is 0.600. The molecule has 0 bridgehead atoms. The molecule has 3 atom stereocenters. The summed E-state index contributed by atoms with van der Waals surface area (Å²) in [4.78, 5) is 0.221. The second kappa shape index (κ2) is 6.87. The summed E-state index contributed by atoms with van der Waals surface area (Å²) < 4.78 is 32.7. The van der Waals surface area contributed by atoms with E-state index in [1.807, 2.05) is 6.92 Å². The summed E-state index contributed by atoms with van der Waals surface area (Å²) in [6.45, 7) is 4.80. The summed E-state index contributed by atoms with van der Waals surface area (Å²) in [5, 5.41) is 9.44. The molecule has 1 fully saturated rings. The number of aliphatic hydroxyl groups excluding tert-OH is 1. The lowest BCUT2D eigenvalue weighted by atomic mass is 10.0. The predicted molar refractivity (Wildman–Crippen MR) is 80.4 cm³/mol. The number of rotatable bonds is 6. The van der Waals surface area contributed by atoms with Gasteiger partial charge in [0.15, 0.2) is 0 Å². The number of nitrogens with one attached hydrogen (secondary N) is 1. The third-order valence-electron chi connectivity index (χ3n) is 3.96. The zero-order valence-electron chi connectivity index (χ0n) is 12.5. The quantitative estimate of drug-likeness (QED) is 0.840. The molecule has 118 valence electrons. The van der Waals surface area contributed by atoms with Crippen LogP contribution in [0.4, 0.5) is 0 Å². The van der Waals surface area contributed by atoms with Gasteiger partial charge >= 0.3 is 0 Å². The molecular formula is C15H23NO4S. The first-order chi connectivity index (χ1) is 9.94. The van der Waals surface area contributed by atoms with Crippen molar-refractivity contribution < 1.29 is 18.3 Å². The predicted octanol–water partition coefficient (Wildman–Crippen LogP) is 1.83. The molecule has 0 aromatic heterocycles. The first kappa shape index (κ1) is 16.4. The van der Waals surface area contributed by atoms with E-state index in [1.165, 1.54) is 12.1 Å². The van der Waals surface area contributed by atoms with Gasteiger partial charge in [-0.3, -0.25) is 0 Å². The van der Waals surface area contributed by atoms with Gasteiger partial charge in [0.25, 0.3) is 0 Å². The molecular weight excluding hydrogens is 290 g/mol. The number of hydrogen-bond acceptors (Lipinski definition) is 4. The highest BCUT2D eigenvalue weighted by Gasteiger charge is 2.28. The van der Waals surface area contributed by atoms with Crippen LogP contribution < -0.4 is 4.72 Å². The van der Waals surface area contributed by atoms with E-state index < -0.39 is 16.1 Å². The molecule has 6 heteroatoms. The van der Waals surface area contributed by atoms with Crippen molar-refractivity contribution >= 4 is 10.0 Å². The molecule has 3 unspecified atom stereocenters. The highest BCUT2D eigenvalue weighted by atomic mass is 32.2. The fourth-order valence-electron chi connectivity index (χ4n) is 2.60. The minimum atomic E-state index is -3.51. The molecule has 0 spiro atoms. The van der Waals surface area contributed by atoms with E-state index in [9.17, 15) is 13.5 Å². The van der Waals surface area contributed by atoms with E-state index >= 15 is 0 Å². The van der Waals surface area contributed by atoms with Gasteiger partial charge in [-0.1, -0.05) is 19.1 Å². The normalized spacial score (nSPS) is 24.1. The average molecular weight is 313 g/mol. The molecule has 21 heavy (non-hydrogen) atoms. The van der Waals surface area contributed by atoms with Crippen LogP contribution in [0.5, 0.6) is 0 Å². The molecule has 1 heterocycles. The van der Waals surface area contributed by atoms with Crippen molar-refractivity contribution in [3.05, 3.63) is 29.8 Å². The van der Waals surface area contributed by atoms with Gasteiger partial charge in [0.05, 0.1) is 17.1 Å². The zero-order chi connectivity index (χ0) is 15.5. The van der Waals surface area contributed by atoms with Crippen LogP contribution in [0, 0.1) is 5.92 Å². The van der Waals surface area contributed by atoms with E-state index in [0.717, 1.165) is 12.8 Å². The summed E-state index contributed by atoms with van der Waals surface area (Å²) >= 11 is 0. The first-order valence-corrected chi connectivity index (χ1v) is 8.81. The Hall–Kier alpha value is -0.950. The van der Waals surface area contributed by atoms with Crippen molar-refractivity contribution in [1.29, 1.82) is 0 Å².